The second-order valence-electron chi connectivity index (χ2n) is 4.46. The molecule has 0 bridgehead atoms. The van der Waals surface area contributed by atoms with Gasteiger partial charge in [-0.05, 0) is 26.4 Å². The number of nitrogens with two attached hydrogens (primary N) is 1. The molecule has 0 aliphatic carbocycles. The molecular formula is C11H19N5. The Morgan fingerprint density at radius 1 is 1.56 bits per heavy atom. The van der Waals surface area contributed by atoms with Gasteiger partial charge in [-0.25, -0.2) is 4.98 Å². The second-order valence-corrected chi connectivity index (χ2v) is 4.46. The molecule has 1 aromatic heterocycles. The molecule has 1 aliphatic heterocycles. The van der Waals surface area contributed by atoms with E-state index in [1.165, 1.54) is 19.4 Å². The van der Waals surface area contributed by atoms with Crippen LogP contribution in [0.1, 0.15) is 12.8 Å². The standard InChI is InChI=1S/C11H19N5/c1-15-5-3-4-9(15)8-16(2)11-7-13-6-10(12)14-11/h6-7,9H,3-5,8H2,1-2H3,(H2,12,14). The topological polar surface area (TPSA) is 58.3 Å². The average Bonchev–Trinajstić information content (AvgIpc) is 2.64. The molecule has 88 valence electrons. The Kier molecular flexibility index (Phi) is 3.24. The zero-order valence-electron chi connectivity index (χ0n) is 9.93. The number of hydrogen-bond donors (Lipinski definition) is 1. The predicted molar refractivity (Wildman–Crippen MR) is 65.4 cm³/mol. The van der Waals surface area contributed by atoms with Crippen LogP contribution in [0.2, 0.25) is 0 Å². The predicted octanol–water partition coefficient (Wildman–Crippen LogP) is 0.589. The summed E-state index contributed by atoms with van der Waals surface area (Å²) < 4.78 is 0. The summed E-state index contributed by atoms with van der Waals surface area (Å²) in [4.78, 5) is 12.8. The number of likely N-dealkylation sites (tertiary alicyclic amines) is 1. The van der Waals surface area contributed by atoms with Crippen LogP contribution in [-0.4, -0.2) is 48.1 Å². The average molecular weight is 221 g/mol. The van der Waals surface area contributed by atoms with Gasteiger partial charge in [-0.15, -0.1) is 0 Å². The van der Waals surface area contributed by atoms with Gasteiger partial charge in [0.15, 0.2) is 0 Å². The lowest BCUT2D eigenvalue weighted by atomic mass is 10.2. The molecule has 1 aliphatic rings. The van der Waals surface area contributed by atoms with Crippen molar-refractivity contribution in [2.75, 3.05) is 37.8 Å². The van der Waals surface area contributed by atoms with Crippen molar-refractivity contribution < 1.29 is 0 Å². The highest BCUT2D eigenvalue weighted by molar-refractivity contribution is 5.40. The third-order valence-electron chi connectivity index (χ3n) is 3.19. The molecule has 0 aromatic carbocycles. The van der Waals surface area contributed by atoms with Gasteiger partial charge >= 0.3 is 0 Å². The first-order chi connectivity index (χ1) is 7.66. The molecule has 0 spiro atoms. The fourth-order valence-electron chi connectivity index (χ4n) is 2.17. The van der Waals surface area contributed by atoms with Gasteiger partial charge in [0.1, 0.15) is 11.6 Å². The number of nitrogens with zero attached hydrogens (tertiary/aromatic N) is 4. The molecule has 1 atom stereocenters. The number of rotatable bonds is 3. The molecule has 2 N–H and O–H groups in total. The van der Waals surface area contributed by atoms with Crippen molar-refractivity contribution in [2.45, 2.75) is 18.9 Å². The molecule has 1 fully saturated rings. The van der Waals surface area contributed by atoms with Gasteiger partial charge in [-0.1, -0.05) is 0 Å². The van der Waals surface area contributed by atoms with Gasteiger partial charge in [0.2, 0.25) is 0 Å². The fraction of sp³-hybridized carbons (Fsp3) is 0.636. The van der Waals surface area contributed by atoms with Gasteiger partial charge in [0, 0.05) is 19.6 Å². The third kappa shape index (κ3) is 2.41. The minimum absolute atomic E-state index is 0.476. The van der Waals surface area contributed by atoms with Crippen molar-refractivity contribution in [3.8, 4) is 0 Å². The second kappa shape index (κ2) is 4.65. The van der Waals surface area contributed by atoms with Crippen LogP contribution in [0.5, 0.6) is 0 Å². The maximum Gasteiger partial charge on any atom is 0.149 e. The van der Waals surface area contributed by atoms with E-state index in [0.29, 0.717) is 11.9 Å². The van der Waals surface area contributed by atoms with E-state index in [-0.39, 0.29) is 0 Å². The lowest BCUT2D eigenvalue weighted by Gasteiger charge is -2.26. The first-order valence-corrected chi connectivity index (χ1v) is 5.65. The largest absolute Gasteiger partial charge is 0.382 e. The maximum atomic E-state index is 5.62. The molecule has 1 aromatic rings. The molecule has 0 radical (unpaired) electrons. The molecule has 1 unspecified atom stereocenters. The van der Waals surface area contributed by atoms with E-state index < -0.39 is 0 Å². The van der Waals surface area contributed by atoms with Crippen molar-refractivity contribution >= 4 is 11.6 Å². The van der Waals surface area contributed by atoms with Gasteiger partial charge in [-0.3, -0.25) is 4.98 Å². The highest BCUT2D eigenvalue weighted by Gasteiger charge is 2.22. The van der Waals surface area contributed by atoms with Crippen LogP contribution < -0.4 is 10.6 Å². The normalized spacial score (nSPS) is 21.2. The molecule has 16 heavy (non-hydrogen) atoms. The van der Waals surface area contributed by atoms with E-state index in [4.69, 9.17) is 5.73 Å². The monoisotopic (exact) mass is 221 g/mol. The van der Waals surface area contributed by atoms with E-state index in [2.05, 4.69) is 26.8 Å². The quantitative estimate of drug-likeness (QED) is 0.809. The first kappa shape index (κ1) is 11.1. The number of likely N-dealkylation sites (N-methyl/N-ethyl adjacent to an activating group) is 2. The van der Waals surface area contributed by atoms with Gasteiger partial charge < -0.3 is 15.5 Å². The Morgan fingerprint density at radius 3 is 3.00 bits per heavy atom. The van der Waals surface area contributed by atoms with E-state index in [1.54, 1.807) is 12.4 Å². The van der Waals surface area contributed by atoms with Crippen molar-refractivity contribution in [2.24, 2.45) is 0 Å². The molecule has 2 rings (SSSR count). The van der Waals surface area contributed by atoms with Gasteiger partial charge in [0.05, 0.1) is 12.4 Å². The Balaban J connectivity index is 1.99. The molecule has 5 heteroatoms. The number of aromatic nitrogens is 2. The summed E-state index contributed by atoms with van der Waals surface area (Å²) in [5.41, 5.74) is 5.62. The fourth-order valence-corrected chi connectivity index (χ4v) is 2.17. The zero-order valence-corrected chi connectivity index (χ0v) is 9.93. The lowest BCUT2D eigenvalue weighted by molar-refractivity contribution is 0.314. The van der Waals surface area contributed by atoms with Crippen LogP contribution in [0.3, 0.4) is 0 Å². The third-order valence-corrected chi connectivity index (χ3v) is 3.19. The highest BCUT2D eigenvalue weighted by Crippen LogP contribution is 2.17. The van der Waals surface area contributed by atoms with E-state index >= 15 is 0 Å². The SMILES string of the molecule is CN(CC1CCCN1C)c1cncc(N)n1. The number of nitrogen functional groups attached to an aromatic ring is 1. The Bertz CT molecular complexity index is 354. The summed E-state index contributed by atoms with van der Waals surface area (Å²) in [5.74, 6) is 1.32. The van der Waals surface area contributed by atoms with E-state index in [9.17, 15) is 0 Å². The number of hydrogen-bond acceptors (Lipinski definition) is 5. The van der Waals surface area contributed by atoms with Crippen LogP contribution >= 0.6 is 0 Å². The summed E-state index contributed by atoms with van der Waals surface area (Å²) in [6, 6.07) is 0.619. The van der Waals surface area contributed by atoms with Crippen LogP contribution in [0.25, 0.3) is 0 Å². The molecular weight excluding hydrogens is 202 g/mol. The van der Waals surface area contributed by atoms with E-state index in [1.807, 2.05) is 7.05 Å². The van der Waals surface area contributed by atoms with E-state index in [0.717, 1.165) is 12.4 Å². The molecule has 1 saturated heterocycles. The van der Waals surface area contributed by atoms with Gasteiger partial charge in [-0.2, -0.15) is 0 Å². The highest BCUT2D eigenvalue weighted by atomic mass is 15.2. The Morgan fingerprint density at radius 2 is 2.38 bits per heavy atom. The van der Waals surface area contributed by atoms with Gasteiger partial charge in [0.25, 0.3) is 0 Å². The summed E-state index contributed by atoms with van der Waals surface area (Å²) in [6.07, 6.45) is 5.87. The minimum Gasteiger partial charge on any atom is -0.382 e. The maximum absolute atomic E-state index is 5.62. The summed E-state index contributed by atoms with van der Waals surface area (Å²) in [5, 5.41) is 0. The Hall–Kier alpha value is -1.36. The molecule has 0 amide bonds. The molecule has 0 saturated carbocycles. The van der Waals surface area contributed by atoms with Crippen LogP contribution in [0.4, 0.5) is 11.6 Å². The first-order valence-electron chi connectivity index (χ1n) is 5.65. The van der Waals surface area contributed by atoms with Crippen LogP contribution in [0, 0.1) is 0 Å². The number of anilines is 2. The van der Waals surface area contributed by atoms with Crippen molar-refractivity contribution in [3.05, 3.63) is 12.4 Å². The smallest absolute Gasteiger partial charge is 0.149 e. The minimum atomic E-state index is 0.476. The summed E-state index contributed by atoms with van der Waals surface area (Å²) in [6.45, 7) is 2.18. The van der Waals surface area contributed by atoms with Crippen molar-refractivity contribution in [1.29, 1.82) is 0 Å². The molecule has 2 heterocycles. The Labute approximate surface area is 96.3 Å². The zero-order chi connectivity index (χ0) is 11.5. The van der Waals surface area contributed by atoms with Crippen molar-refractivity contribution in [1.82, 2.24) is 14.9 Å². The lowest BCUT2D eigenvalue weighted by Crippen LogP contribution is -2.37. The summed E-state index contributed by atoms with van der Waals surface area (Å²) >= 11 is 0. The van der Waals surface area contributed by atoms with Crippen LogP contribution in [-0.2, 0) is 0 Å². The molecule has 5 nitrogen and oxygen atoms in total. The van der Waals surface area contributed by atoms with Crippen LogP contribution in [0.15, 0.2) is 12.4 Å². The van der Waals surface area contributed by atoms with Crippen molar-refractivity contribution in [3.63, 3.8) is 0 Å². The summed E-state index contributed by atoms with van der Waals surface area (Å²) in [7, 11) is 4.21.